The van der Waals surface area contributed by atoms with E-state index < -0.39 is 0 Å². The molecule has 0 spiro atoms. The largest absolute Gasteiger partial charge is 0.493 e. The molecule has 176 valence electrons. The molecule has 0 aliphatic rings. The second kappa shape index (κ2) is 9.82. The molecule has 0 fully saturated rings. The van der Waals surface area contributed by atoms with Crippen molar-refractivity contribution in [3.05, 3.63) is 101 Å². The number of nitrogens with one attached hydrogen (secondary N) is 2. The first-order chi connectivity index (χ1) is 17.2. The third-order valence-corrected chi connectivity index (χ3v) is 5.79. The van der Waals surface area contributed by atoms with Gasteiger partial charge in [-0.05, 0) is 48.0 Å². The molecule has 0 saturated carbocycles. The summed E-state index contributed by atoms with van der Waals surface area (Å²) in [4.78, 5) is 20.2. The van der Waals surface area contributed by atoms with E-state index in [2.05, 4.69) is 15.3 Å². The Kier molecular flexibility index (Phi) is 6.28. The molecule has 35 heavy (non-hydrogen) atoms. The smallest absolute Gasteiger partial charge is 0.254 e. The molecule has 0 aliphatic heterocycles. The fourth-order valence-electron chi connectivity index (χ4n) is 4.04. The Morgan fingerprint density at radius 1 is 0.943 bits per heavy atom. The highest BCUT2D eigenvalue weighted by Gasteiger charge is 2.18. The first kappa shape index (κ1) is 22.4. The van der Waals surface area contributed by atoms with Gasteiger partial charge in [0.15, 0.2) is 11.5 Å². The van der Waals surface area contributed by atoms with E-state index in [1.54, 1.807) is 31.3 Å². The number of H-pyrrole nitrogens is 1. The summed E-state index contributed by atoms with van der Waals surface area (Å²) < 4.78 is 12.7. The van der Waals surface area contributed by atoms with Crippen molar-refractivity contribution in [3.8, 4) is 28.4 Å². The minimum Gasteiger partial charge on any atom is -0.493 e. The van der Waals surface area contributed by atoms with Gasteiger partial charge in [0.05, 0.1) is 19.9 Å². The van der Waals surface area contributed by atoms with Gasteiger partial charge in [0, 0.05) is 42.0 Å². The van der Waals surface area contributed by atoms with Crippen molar-refractivity contribution in [2.24, 2.45) is 0 Å². The Hall–Kier alpha value is -4.43. The van der Waals surface area contributed by atoms with Gasteiger partial charge in [-0.3, -0.25) is 9.78 Å². The molecule has 0 aliphatic carbocycles. The van der Waals surface area contributed by atoms with Crippen molar-refractivity contribution < 1.29 is 9.47 Å². The maximum absolute atomic E-state index is 13.0. The van der Waals surface area contributed by atoms with Crippen LogP contribution < -0.4 is 20.3 Å². The highest BCUT2D eigenvalue weighted by Crippen LogP contribution is 2.35. The average molecular weight is 468 g/mol. The lowest BCUT2D eigenvalue weighted by Crippen LogP contribution is -2.21. The van der Waals surface area contributed by atoms with Gasteiger partial charge in [0.25, 0.3) is 5.56 Å². The Labute approximate surface area is 202 Å². The third kappa shape index (κ3) is 4.51. The summed E-state index contributed by atoms with van der Waals surface area (Å²) in [5.41, 5.74) is 4.57. The first-order valence-corrected chi connectivity index (χ1v) is 11.2. The molecule has 0 bridgehead atoms. The molecule has 0 unspecified atom stereocenters. The average Bonchev–Trinajstić information content (AvgIpc) is 3.27. The van der Waals surface area contributed by atoms with Gasteiger partial charge in [-0.15, -0.1) is 0 Å². The normalized spacial score (nSPS) is 11.0. The van der Waals surface area contributed by atoms with E-state index in [-0.39, 0.29) is 5.56 Å². The van der Waals surface area contributed by atoms with Crippen LogP contribution in [-0.2, 0) is 13.1 Å². The van der Waals surface area contributed by atoms with Crippen molar-refractivity contribution in [1.82, 2.24) is 25.1 Å². The zero-order valence-electron chi connectivity index (χ0n) is 19.5. The number of hydrogen-bond acceptors (Lipinski definition) is 6. The Morgan fingerprint density at radius 3 is 2.51 bits per heavy atom. The van der Waals surface area contributed by atoms with Crippen molar-refractivity contribution in [2.45, 2.75) is 13.1 Å². The molecule has 2 aromatic carbocycles. The summed E-state index contributed by atoms with van der Waals surface area (Å²) in [5, 5.41) is 9.06. The summed E-state index contributed by atoms with van der Waals surface area (Å²) in [7, 11) is 3.21. The predicted octanol–water partition coefficient (Wildman–Crippen LogP) is 4.08. The first-order valence-electron chi connectivity index (χ1n) is 11.2. The van der Waals surface area contributed by atoms with Crippen LogP contribution in [0.2, 0.25) is 0 Å². The number of pyridine rings is 2. The van der Waals surface area contributed by atoms with Crippen molar-refractivity contribution in [1.29, 1.82) is 0 Å². The molecule has 0 radical (unpaired) electrons. The van der Waals surface area contributed by atoms with Gasteiger partial charge in [-0.25, -0.2) is 4.68 Å². The van der Waals surface area contributed by atoms with Crippen LogP contribution in [0.3, 0.4) is 0 Å². The molecule has 5 rings (SSSR count). The number of rotatable bonds is 8. The molecular formula is C27H25N5O3. The summed E-state index contributed by atoms with van der Waals surface area (Å²) in [5.74, 6) is 1.24. The van der Waals surface area contributed by atoms with E-state index in [0.29, 0.717) is 35.8 Å². The predicted molar refractivity (Wildman–Crippen MR) is 135 cm³/mol. The second-order valence-electron chi connectivity index (χ2n) is 8.02. The molecular weight excluding hydrogens is 442 g/mol. The highest BCUT2D eigenvalue weighted by molar-refractivity contribution is 5.92. The molecule has 3 aromatic heterocycles. The van der Waals surface area contributed by atoms with Crippen molar-refractivity contribution in [3.63, 3.8) is 0 Å². The summed E-state index contributed by atoms with van der Waals surface area (Å²) in [6, 6.07) is 21.2. The summed E-state index contributed by atoms with van der Waals surface area (Å²) in [6.45, 7) is 1.01. The number of hydrogen-bond donors (Lipinski definition) is 2. The molecule has 8 nitrogen and oxygen atoms in total. The Morgan fingerprint density at radius 2 is 1.77 bits per heavy atom. The number of fused-ring (bicyclic) bond motifs is 1. The van der Waals surface area contributed by atoms with Gasteiger partial charge in [0.1, 0.15) is 11.3 Å². The topological polar surface area (TPSA) is 94.1 Å². The standard InChI is InChI=1S/C27H25N5O3/c1-34-23-11-10-19(14-24(23)35-2)25-22-13-20(17-29-16-18-7-6-12-28-15-18)27(33)30-26(22)32(31-25)21-8-4-3-5-9-21/h3-15,29H,16-17H2,1-2H3,(H,30,33). The van der Waals surface area contributed by atoms with Gasteiger partial charge in [-0.1, -0.05) is 24.3 Å². The summed E-state index contributed by atoms with van der Waals surface area (Å²) in [6.07, 6.45) is 3.54. The van der Waals surface area contributed by atoms with Gasteiger partial charge < -0.3 is 19.8 Å². The van der Waals surface area contributed by atoms with E-state index in [4.69, 9.17) is 14.6 Å². The molecule has 3 heterocycles. The van der Waals surface area contributed by atoms with Crippen LogP contribution in [0.15, 0.2) is 83.9 Å². The highest BCUT2D eigenvalue weighted by atomic mass is 16.5. The number of methoxy groups -OCH3 is 2. The zero-order valence-corrected chi connectivity index (χ0v) is 19.5. The number of aromatic amines is 1. The van der Waals surface area contributed by atoms with E-state index >= 15 is 0 Å². The second-order valence-corrected chi connectivity index (χ2v) is 8.02. The lowest BCUT2D eigenvalue weighted by Gasteiger charge is -2.09. The van der Waals surface area contributed by atoms with Crippen molar-refractivity contribution in [2.75, 3.05) is 14.2 Å². The van der Waals surface area contributed by atoms with Crippen LogP contribution >= 0.6 is 0 Å². The minimum atomic E-state index is -0.160. The molecule has 8 heteroatoms. The molecule has 5 aromatic rings. The fraction of sp³-hybridized carbons (Fsp3) is 0.148. The SMILES string of the molecule is COc1ccc(-c2nn(-c3ccccc3)c3[nH]c(=O)c(CNCc4cccnc4)cc23)cc1OC. The van der Waals surface area contributed by atoms with E-state index in [0.717, 1.165) is 27.9 Å². The minimum absolute atomic E-state index is 0.160. The molecule has 0 amide bonds. The van der Waals surface area contributed by atoms with Gasteiger partial charge in [-0.2, -0.15) is 5.10 Å². The third-order valence-electron chi connectivity index (χ3n) is 5.79. The van der Waals surface area contributed by atoms with E-state index in [9.17, 15) is 4.79 Å². The van der Waals surface area contributed by atoms with E-state index in [1.165, 1.54) is 0 Å². The Balaban J connectivity index is 1.60. The van der Waals surface area contributed by atoms with Gasteiger partial charge in [0.2, 0.25) is 0 Å². The fourth-order valence-corrected chi connectivity index (χ4v) is 4.04. The maximum Gasteiger partial charge on any atom is 0.254 e. The van der Waals surface area contributed by atoms with E-state index in [1.807, 2.05) is 66.7 Å². The molecule has 0 atom stereocenters. The lowest BCUT2D eigenvalue weighted by atomic mass is 10.1. The Bertz CT molecular complexity index is 1510. The monoisotopic (exact) mass is 467 g/mol. The van der Waals surface area contributed by atoms with Crippen LogP contribution in [0.1, 0.15) is 11.1 Å². The maximum atomic E-state index is 13.0. The van der Waals surface area contributed by atoms with Crippen LogP contribution in [0.25, 0.3) is 28.0 Å². The molecule has 2 N–H and O–H groups in total. The number of nitrogens with zero attached hydrogens (tertiary/aromatic N) is 3. The number of para-hydroxylation sites is 1. The number of aromatic nitrogens is 4. The van der Waals surface area contributed by atoms with Crippen LogP contribution in [0.5, 0.6) is 11.5 Å². The van der Waals surface area contributed by atoms with Crippen LogP contribution in [0, 0.1) is 0 Å². The number of ether oxygens (including phenoxy) is 2. The molecule has 0 saturated heterocycles. The van der Waals surface area contributed by atoms with Crippen LogP contribution in [0.4, 0.5) is 0 Å². The number of benzene rings is 2. The van der Waals surface area contributed by atoms with Gasteiger partial charge >= 0.3 is 0 Å². The quantitative estimate of drug-likeness (QED) is 0.357. The van der Waals surface area contributed by atoms with Crippen molar-refractivity contribution >= 4 is 11.0 Å². The lowest BCUT2D eigenvalue weighted by molar-refractivity contribution is 0.355. The zero-order chi connectivity index (χ0) is 24.2. The van der Waals surface area contributed by atoms with Crippen LogP contribution in [-0.4, -0.2) is 34.0 Å². The summed E-state index contributed by atoms with van der Waals surface area (Å²) >= 11 is 0.